The maximum Gasteiger partial charge on any atom is 0.416 e. The van der Waals surface area contributed by atoms with Crippen molar-refractivity contribution in [2.75, 3.05) is 37.9 Å². The first-order chi connectivity index (χ1) is 20.1. The number of hydrogen-bond acceptors (Lipinski definition) is 9. The first-order valence-corrected chi connectivity index (χ1v) is 13.5. The molecule has 1 atom stereocenters. The molecule has 1 aliphatic rings. The summed E-state index contributed by atoms with van der Waals surface area (Å²) in [4.78, 5) is 15.3. The van der Waals surface area contributed by atoms with E-state index in [4.69, 9.17) is 21.1 Å². The fourth-order valence-electron chi connectivity index (χ4n) is 4.91. The van der Waals surface area contributed by atoms with Crippen molar-refractivity contribution in [1.82, 2.24) is 34.0 Å². The second-order valence-corrected chi connectivity index (χ2v) is 10.4. The number of aryl methyl sites for hydroxylation is 1. The molecule has 0 radical (unpaired) electrons. The smallest absolute Gasteiger partial charge is 0.416 e. The Balaban J connectivity index is 1.28. The quantitative estimate of drug-likeness (QED) is 0.230. The molecule has 0 amide bonds. The molecule has 6 rings (SSSR count). The van der Waals surface area contributed by atoms with Crippen LogP contribution in [0.25, 0.3) is 16.7 Å². The highest BCUT2D eigenvalue weighted by Gasteiger charge is 2.32. The fourth-order valence-corrected chi connectivity index (χ4v) is 5.21. The van der Waals surface area contributed by atoms with Gasteiger partial charge in [-0.05, 0) is 38.6 Å². The maximum atomic E-state index is 13.8. The Kier molecular flexibility index (Phi) is 7.19. The van der Waals surface area contributed by atoms with Crippen LogP contribution in [0.2, 0.25) is 5.02 Å². The Morgan fingerprint density at radius 2 is 1.93 bits per heavy atom. The molecule has 15 heteroatoms. The number of hydrogen-bond donors (Lipinski definition) is 2. The van der Waals surface area contributed by atoms with Crippen LogP contribution in [0.15, 0.2) is 43.0 Å². The molecule has 0 aliphatic carbocycles. The Morgan fingerprint density at radius 1 is 1.10 bits per heavy atom. The molecule has 220 valence electrons. The Morgan fingerprint density at radius 3 is 2.67 bits per heavy atom. The monoisotopic (exact) mass is 601 g/mol. The second kappa shape index (κ2) is 10.8. The van der Waals surface area contributed by atoms with E-state index in [1.807, 2.05) is 7.05 Å². The van der Waals surface area contributed by atoms with Crippen LogP contribution in [-0.2, 0) is 13.2 Å². The van der Waals surface area contributed by atoms with Crippen LogP contribution in [0, 0.1) is 0 Å². The second-order valence-electron chi connectivity index (χ2n) is 10.0. The van der Waals surface area contributed by atoms with Crippen molar-refractivity contribution in [3.8, 4) is 17.2 Å². The molecule has 5 aromatic rings. The van der Waals surface area contributed by atoms with E-state index < -0.39 is 11.7 Å². The van der Waals surface area contributed by atoms with Gasteiger partial charge in [0.15, 0.2) is 17.1 Å². The molecule has 0 saturated carbocycles. The van der Waals surface area contributed by atoms with Gasteiger partial charge in [-0.25, -0.2) is 14.5 Å². The van der Waals surface area contributed by atoms with E-state index in [2.05, 4.69) is 35.6 Å². The van der Waals surface area contributed by atoms with Crippen molar-refractivity contribution in [3.05, 3.63) is 53.6 Å². The lowest BCUT2D eigenvalue weighted by atomic mass is 10.1. The predicted molar refractivity (Wildman–Crippen MR) is 152 cm³/mol. The minimum Gasteiger partial charge on any atom is -0.492 e. The molecule has 2 N–H and O–H groups in total. The highest BCUT2D eigenvalue weighted by molar-refractivity contribution is 6.36. The average Bonchev–Trinajstić information content (AvgIpc) is 3.65. The van der Waals surface area contributed by atoms with Gasteiger partial charge in [-0.15, -0.1) is 0 Å². The van der Waals surface area contributed by atoms with E-state index >= 15 is 0 Å². The standard InChI is InChI=1S/C27H27ClF3N9O2/c1-32-22-13-40-19(10-33-22)20(12-35-40)42-21-11-34-25-24(23(21)28)39(3)26(37-25)36-16-7-15(27(29,30)31)8-18(9-16)41-14-17-5-4-6-38(17)2/h7-13,17,32H,4-6,14H2,1-3H3,(H,34,36,37)/t17-/m0/s1. The first kappa shape index (κ1) is 27.8. The Bertz CT molecular complexity index is 1770. The molecule has 5 heterocycles. The summed E-state index contributed by atoms with van der Waals surface area (Å²) in [7, 11) is 5.41. The molecule has 1 fully saturated rings. The fraction of sp³-hybridized carbons (Fsp3) is 0.333. The molecule has 0 unspecified atom stereocenters. The zero-order chi connectivity index (χ0) is 29.6. The highest BCUT2D eigenvalue weighted by atomic mass is 35.5. The number of likely N-dealkylation sites (N-methyl/N-ethyl adjacent to an activating group) is 1. The highest BCUT2D eigenvalue weighted by Crippen LogP contribution is 2.38. The van der Waals surface area contributed by atoms with Gasteiger partial charge in [-0.1, -0.05) is 11.6 Å². The van der Waals surface area contributed by atoms with Crippen molar-refractivity contribution in [1.29, 1.82) is 0 Å². The minimum absolute atomic E-state index is 0.114. The van der Waals surface area contributed by atoms with E-state index in [1.54, 1.807) is 35.6 Å². The van der Waals surface area contributed by atoms with Gasteiger partial charge in [0, 0.05) is 31.9 Å². The summed E-state index contributed by atoms with van der Waals surface area (Å²) in [5, 5.41) is 10.4. The van der Waals surface area contributed by atoms with Crippen molar-refractivity contribution < 1.29 is 22.6 Å². The van der Waals surface area contributed by atoms with E-state index in [0.29, 0.717) is 29.2 Å². The van der Waals surface area contributed by atoms with Crippen LogP contribution in [0.5, 0.6) is 17.2 Å². The number of imidazole rings is 1. The van der Waals surface area contributed by atoms with Crippen molar-refractivity contribution >= 4 is 45.7 Å². The van der Waals surface area contributed by atoms with E-state index in [-0.39, 0.29) is 39.8 Å². The van der Waals surface area contributed by atoms with Crippen LogP contribution in [0.3, 0.4) is 0 Å². The average molecular weight is 602 g/mol. The number of halogens is 4. The van der Waals surface area contributed by atoms with Gasteiger partial charge in [0.25, 0.3) is 0 Å². The normalized spacial score (nSPS) is 15.9. The molecule has 1 aromatic carbocycles. The molecule has 11 nitrogen and oxygen atoms in total. The van der Waals surface area contributed by atoms with Gasteiger partial charge in [-0.3, -0.25) is 0 Å². The van der Waals surface area contributed by atoms with Crippen molar-refractivity contribution in [2.24, 2.45) is 7.05 Å². The zero-order valence-corrected chi connectivity index (χ0v) is 23.7. The van der Waals surface area contributed by atoms with Crippen molar-refractivity contribution in [3.63, 3.8) is 0 Å². The summed E-state index contributed by atoms with van der Waals surface area (Å²) in [6.45, 7) is 1.23. The van der Waals surface area contributed by atoms with Gasteiger partial charge in [0.2, 0.25) is 5.95 Å². The summed E-state index contributed by atoms with van der Waals surface area (Å²) in [5.74, 6) is 1.64. The number of benzene rings is 1. The topological polar surface area (TPSA) is 107 Å². The number of rotatable bonds is 8. The van der Waals surface area contributed by atoms with Crippen LogP contribution in [0.1, 0.15) is 18.4 Å². The lowest BCUT2D eigenvalue weighted by molar-refractivity contribution is -0.137. The van der Waals surface area contributed by atoms with Crippen molar-refractivity contribution in [2.45, 2.75) is 25.1 Å². The molecular weight excluding hydrogens is 575 g/mol. The number of ether oxygens (including phenoxy) is 2. The van der Waals surface area contributed by atoms with E-state index in [9.17, 15) is 13.2 Å². The lowest BCUT2D eigenvalue weighted by Crippen LogP contribution is -2.30. The number of pyridine rings is 1. The number of fused-ring (bicyclic) bond motifs is 2. The Labute approximate surface area is 243 Å². The van der Waals surface area contributed by atoms with Gasteiger partial charge < -0.3 is 29.6 Å². The molecule has 0 spiro atoms. The SMILES string of the molecule is CNc1cn2ncc(Oc3cnc4nc(Nc5cc(OC[C@@H]6CCCN6C)cc(C(F)(F)F)c5)n(C)c4c3Cl)c2cn1. The van der Waals surface area contributed by atoms with Crippen LogP contribution in [-0.4, -0.2) is 67.3 Å². The molecular formula is C27H27ClF3N9O2. The summed E-state index contributed by atoms with van der Waals surface area (Å²) in [5.41, 5.74) is 0.643. The lowest BCUT2D eigenvalue weighted by Gasteiger charge is -2.20. The number of alkyl halides is 3. The predicted octanol–water partition coefficient (Wildman–Crippen LogP) is 5.73. The third kappa shape index (κ3) is 5.34. The van der Waals surface area contributed by atoms with Gasteiger partial charge >= 0.3 is 6.18 Å². The number of nitrogens with zero attached hydrogens (tertiary/aromatic N) is 7. The summed E-state index contributed by atoms with van der Waals surface area (Å²) in [6.07, 6.45) is 3.68. The van der Waals surface area contributed by atoms with E-state index in [1.165, 1.54) is 18.5 Å². The van der Waals surface area contributed by atoms with E-state index in [0.717, 1.165) is 31.5 Å². The molecule has 42 heavy (non-hydrogen) atoms. The molecule has 4 aromatic heterocycles. The maximum absolute atomic E-state index is 13.8. The van der Waals surface area contributed by atoms with Gasteiger partial charge in [0.1, 0.15) is 34.2 Å². The molecule has 1 aliphatic heterocycles. The zero-order valence-electron chi connectivity index (χ0n) is 22.9. The Hall–Kier alpha value is -4.30. The molecule has 0 bridgehead atoms. The number of aromatic nitrogens is 6. The van der Waals surface area contributed by atoms with Crippen LogP contribution < -0.4 is 20.1 Å². The third-order valence-corrected chi connectivity index (χ3v) is 7.62. The molecule has 1 saturated heterocycles. The largest absolute Gasteiger partial charge is 0.492 e. The summed E-state index contributed by atoms with van der Waals surface area (Å²) in [6, 6.07) is 3.69. The van der Waals surface area contributed by atoms with Gasteiger partial charge in [0.05, 0.1) is 30.4 Å². The third-order valence-electron chi connectivity index (χ3n) is 7.25. The van der Waals surface area contributed by atoms with Crippen LogP contribution >= 0.6 is 11.6 Å². The summed E-state index contributed by atoms with van der Waals surface area (Å²) < 4.78 is 56.3. The van der Waals surface area contributed by atoms with Crippen LogP contribution in [0.4, 0.5) is 30.6 Å². The first-order valence-electron chi connectivity index (χ1n) is 13.1. The summed E-state index contributed by atoms with van der Waals surface area (Å²) >= 11 is 6.73. The minimum atomic E-state index is -4.56. The van der Waals surface area contributed by atoms with Gasteiger partial charge in [-0.2, -0.15) is 23.3 Å². The number of anilines is 3. The number of likely N-dealkylation sites (tertiary alicyclic amines) is 1. The number of nitrogens with one attached hydrogen (secondary N) is 2.